The van der Waals surface area contributed by atoms with E-state index < -0.39 is 17.5 Å². The molecule has 1 saturated heterocycles. The van der Waals surface area contributed by atoms with Crippen LogP contribution in [0.25, 0.3) is 0 Å². The number of amides is 4. The highest BCUT2D eigenvalue weighted by Crippen LogP contribution is 2.26. The Kier molecular flexibility index (Phi) is 4.31. The number of pyridine rings is 1. The first-order valence-electron chi connectivity index (χ1n) is 8.11. The van der Waals surface area contributed by atoms with E-state index >= 15 is 0 Å². The molecule has 1 aromatic heterocycles. The maximum Gasteiger partial charge on any atom is 0.323 e. The number of aromatic nitrogens is 1. The minimum absolute atomic E-state index is 0.0398. The predicted molar refractivity (Wildman–Crippen MR) is 104 cm³/mol. The molecule has 4 amide bonds. The molecule has 0 bridgehead atoms. The first-order valence-corrected chi connectivity index (χ1v) is 9.19. The smallest absolute Gasteiger partial charge is 0.323 e. The van der Waals surface area contributed by atoms with Gasteiger partial charge in [0.1, 0.15) is 0 Å². The third kappa shape index (κ3) is 3.26. The van der Waals surface area contributed by atoms with E-state index in [0.717, 1.165) is 9.13 Å². The number of carbonyl (C=O) groups excluding carboxylic acids is 3. The number of imide groups is 1. The lowest BCUT2D eigenvalue weighted by molar-refractivity contribution is -0.122. The molecule has 0 spiro atoms. The monoisotopic (exact) mass is 472 g/mol. The molecule has 1 aromatic carbocycles. The summed E-state index contributed by atoms with van der Waals surface area (Å²) < 4.78 is 0.958. The molecule has 0 radical (unpaired) electrons. The van der Waals surface area contributed by atoms with Gasteiger partial charge in [0.25, 0.3) is 11.8 Å². The summed E-state index contributed by atoms with van der Waals surface area (Å²) in [4.78, 5) is 42.5. The van der Waals surface area contributed by atoms with Crippen molar-refractivity contribution in [2.75, 3.05) is 6.54 Å². The molecule has 1 fully saturated rings. The minimum Gasteiger partial charge on any atom is -0.330 e. The number of benzene rings is 1. The van der Waals surface area contributed by atoms with Crippen LogP contribution in [0.1, 0.15) is 21.5 Å². The molecule has 2 aromatic rings. The second-order valence-corrected chi connectivity index (χ2v) is 7.51. The van der Waals surface area contributed by atoms with E-state index in [1.54, 1.807) is 24.5 Å². The summed E-state index contributed by atoms with van der Waals surface area (Å²) in [7, 11) is 0. The second-order valence-electron chi connectivity index (χ2n) is 6.27. The van der Waals surface area contributed by atoms with E-state index in [-0.39, 0.29) is 12.5 Å². The van der Waals surface area contributed by atoms with Crippen molar-refractivity contribution in [2.24, 2.45) is 0 Å². The molecule has 0 saturated carbocycles. The van der Waals surface area contributed by atoms with Crippen molar-refractivity contribution >= 4 is 40.4 Å². The number of nitrogens with zero attached hydrogens (tertiary/aromatic N) is 2. The molecule has 2 N–H and O–H groups in total. The zero-order valence-electron chi connectivity index (χ0n) is 14.0. The van der Waals surface area contributed by atoms with Gasteiger partial charge < -0.3 is 10.2 Å². The van der Waals surface area contributed by atoms with Gasteiger partial charge in [-0.2, -0.15) is 0 Å². The quantitative estimate of drug-likeness (QED) is 0.392. The average Bonchev–Trinajstić information content (AvgIpc) is 3.11. The van der Waals surface area contributed by atoms with E-state index in [9.17, 15) is 14.4 Å². The second kappa shape index (κ2) is 6.66. The van der Waals surface area contributed by atoms with Crippen LogP contribution >= 0.6 is 22.6 Å². The molecule has 0 unspecified atom stereocenters. The van der Waals surface area contributed by atoms with Crippen molar-refractivity contribution in [3.8, 4) is 11.8 Å². The molecule has 1 atom stereocenters. The lowest BCUT2D eigenvalue weighted by Crippen LogP contribution is -2.54. The van der Waals surface area contributed by atoms with Gasteiger partial charge in [-0.25, -0.2) is 4.79 Å². The highest BCUT2D eigenvalue weighted by molar-refractivity contribution is 14.1. The molecular formula is C19H13IN4O3. The maximum atomic E-state index is 12.8. The largest absolute Gasteiger partial charge is 0.330 e. The fourth-order valence-electron chi connectivity index (χ4n) is 3.09. The summed E-state index contributed by atoms with van der Waals surface area (Å²) in [5.41, 5.74) is 0.608. The van der Waals surface area contributed by atoms with Gasteiger partial charge >= 0.3 is 6.03 Å². The summed E-state index contributed by atoms with van der Waals surface area (Å²) in [6, 6.07) is 8.50. The van der Waals surface area contributed by atoms with Crippen LogP contribution in [0.3, 0.4) is 0 Å². The third-order valence-electron chi connectivity index (χ3n) is 4.40. The molecule has 4 rings (SSSR count). The number of carbonyl (C=O) groups is 3. The number of hydrogen-bond donors (Lipinski definition) is 2. The zero-order valence-corrected chi connectivity index (χ0v) is 16.1. The number of hydrogen-bond acceptors (Lipinski definition) is 4. The van der Waals surface area contributed by atoms with Crippen LogP contribution in [0, 0.1) is 15.4 Å². The van der Waals surface area contributed by atoms with Crippen LogP contribution < -0.4 is 10.6 Å². The van der Waals surface area contributed by atoms with E-state index in [2.05, 4.69) is 50.0 Å². The van der Waals surface area contributed by atoms with Gasteiger partial charge in [0.15, 0.2) is 0 Å². The SMILES string of the molecule is O=C1NC(=O)[C@@](C#Cc2cccnc2)(CN2Cc3ccc(I)cc3C2=O)N1. The number of rotatable bonds is 2. The topological polar surface area (TPSA) is 91.4 Å². The number of urea groups is 1. The predicted octanol–water partition coefficient (Wildman–Crippen LogP) is 1.27. The molecule has 27 heavy (non-hydrogen) atoms. The molecular weight excluding hydrogens is 459 g/mol. The summed E-state index contributed by atoms with van der Waals surface area (Å²) in [6.45, 7) is 0.326. The summed E-state index contributed by atoms with van der Waals surface area (Å²) in [5, 5.41) is 4.80. The summed E-state index contributed by atoms with van der Waals surface area (Å²) in [6.07, 6.45) is 3.18. The molecule has 134 valence electrons. The van der Waals surface area contributed by atoms with Crippen molar-refractivity contribution in [1.82, 2.24) is 20.5 Å². The van der Waals surface area contributed by atoms with Gasteiger partial charge in [-0.3, -0.25) is 19.9 Å². The van der Waals surface area contributed by atoms with Crippen LogP contribution in [0.2, 0.25) is 0 Å². The van der Waals surface area contributed by atoms with Gasteiger partial charge in [-0.05, 0) is 52.4 Å². The van der Waals surface area contributed by atoms with E-state index in [1.807, 2.05) is 18.2 Å². The van der Waals surface area contributed by atoms with Crippen molar-refractivity contribution in [2.45, 2.75) is 12.1 Å². The summed E-state index contributed by atoms with van der Waals surface area (Å²) in [5.74, 6) is 4.97. The Bertz CT molecular complexity index is 1030. The fraction of sp³-hybridized carbons (Fsp3) is 0.158. The Labute approximate surface area is 168 Å². The number of nitrogens with one attached hydrogen (secondary N) is 2. The summed E-state index contributed by atoms with van der Waals surface area (Å²) >= 11 is 2.15. The van der Waals surface area contributed by atoms with Gasteiger partial charge in [0.2, 0.25) is 5.54 Å². The number of halogens is 1. The van der Waals surface area contributed by atoms with Gasteiger partial charge in [0.05, 0.1) is 6.54 Å². The van der Waals surface area contributed by atoms with Gasteiger partial charge in [-0.15, -0.1) is 0 Å². The number of fused-ring (bicyclic) bond motifs is 1. The van der Waals surface area contributed by atoms with Crippen LogP contribution in [0.15, 0.2) is 42.7 Å². The van der Waals surface area contributed by atoms with Crippen LogP contribution in [-0.2, 0) is 11.3 Å². The maximum absolute atomic E-state index is 12.8. The lowest BCUT2D eigenvalue weighted by atomic mass is 9.99. The van der Waals surface area contributed by atoms with Gasteiger partial charge in [0, 0.05) is 33.6 Å². The van der Waals surface area contributed by atoms with Crippen molar-refractivity contribution < 1.29 is 14.4 Å². The Morgan fingerprint density at radius 3 is 2.81 bits per heavy atom. The van der Waals surface area contributed by atoms with Crippen LogP contribution in [0.5, 0.6) is 0 Å². The highest BCUT2D eigenvalue weighted by Gasteiger charge is 2.48. The molecule has 7 nitrogen and oxygen atoms in total. The Balaban J connectivity index is 1.66. The molecule has 0 aliphatic carbocycles. The standard InChI is InChI=1S/C19H13IN4O3/c20-14-4-3-13-10-24(16(25)15(13)8-14)11-19(17(26)22-18(27)23-19)6-5-12-2-1-7-21-9-12/h1-4,7-9H,10-11H2,(H2,22,23,26,27)/t19-/m1/s1. The Morgan fingerprint density at radius 1 is 1.26 bits per heavy atom. The van der Waals surface area contributed by atoms with Crippen LogP contribution in [0.4, 0.5) is 4.79 Å². The zero-order chi connectivity index (χ0) is 19.0. The minimum atomic E-state index is -1.50. The molecule has 2 aliphatic rings. The molecule has 3 heterocycles. The van der Waals surface area contributed by atoms with Crippen molar-refractivity contribution in [3.05, 3.63) is 63.0 Å². The van der Waals surface area contributed by atoms with Crippen molar-refractivity contribution in [3.63, 3.8) is 0 Å². The lowest BCUT2D eigenvalue weighted by Gasteiger charge is -2.26. The Hall–Kier alpha value is -2.93. The third-order valence-corrected chi connectivity index (χ3v) is 5.07. The van der Waals surface area contributed by atoms with Crippen molar-refractivity contribution in [1.29, 1.82) is 0 Å². The Morgan fingerprint density at radius 2 is 2.11 bits per heavy atom. The van der Waals surface area contributed by atoms with E-state index in [0.29, 0.717) is 17.7 Å². The molecule has 2 aliphatic heterocycles. The fourth-order valence-corrected chi connectivity index (χ4v) is 3.58. The van der Waals surface area contributed by atoms with Gasteiger partial charge in [-0.1, -0.05) is 17.9 Å². The average molecular weight is 472 g/mol. The molecule has 8 heteroatoms. The first-order chi connectivity index (χ1) is 13.0. The highest BCUT2D eigenvalue weighted by atomic mass is 127. The van der Waals surface area contributed by atoms with E-state index in [1.165, 1.54) is 4.90 Å². The first kappa shape index (κ1) is 17.5. The normalized spacial score (nSPS) is 20.6. The van der Waals surface area contributed by atoms with Crippen LogP contribution in [-0.4, -0.2) is 39.8 Å². The van der Waals surface area contributed by atoms with E-state index in [4.69, 9.17) is 0 Å².